The van der Waals surface area contributed by atoms with E-state index in [2.05, 4.69) is 26.7 Å². The molecule has 0 radical (unpaired) electrons. The van der Waals surface area contributed by atoms with Gasteiger partial charge in [-0.1, -0.05) is 29.3 Å². The van der Waals surface area contributed by atoms with Crippen LogP contribution >= 0.6 is 0 Å². The molecule has 1 aliphatic rings. The molecule has 1 aromatic heterocycles. The average molecular weight is 336 g/mol. The highest BCUT2D eigenvalue weighted by Crippen LogP contribution is 2.19. The van der Waals surface area contributed by atoms with Gasteiger partial charge in [0.1, 0.15) is 0 Å². The van der Waals surface area contributed by atoms with Gasteiger partial charge in [-0.3, -0.25) is 4.79 Å². The Hall–Kier alpha value is -2.69. The van der Waals surface area contributed by atoms with Crippen molar-refractivity contribution in [2.45, 2.75) is 39.0 Å². The van der Waals surface area contributed by atoms with Gasteiger partial charge in [-0.15, -0.1) is 0 Å². The Labute approximate surface area is 148 Å². The quantitative estimate of drug-likeness (QED) is 0.778. The van der Waals surface area contributed by atoms with E-state index < -0.39 is 0 Å². The molecule has 0 bridgehead atoms. The molecule has 0 unspecified atom stereocenters. The van der Waals surface area contributed by atoms with Crippen molar-refractivity contribution in [2.75, 3.05) is 11.9 Å². The number of carbonyl (C=O) groups is 1. The summed E-state index contributed by atoms with van der Waals surface area (Å²) >= 11 is 0. The van der Waals surface area contributed by atoms with Crippen LogP contribution in [-0.4, -0.2) is 22.4 Å². The highest BCUT2D eigenvalue weighted by molar-refractivity contribution is 5.93. The summed E-state index contributed by atoms with van der Waals surface area (Å²) in [7, 11) is 0. The molecule has 1 heterocycles. The van der Waals surface area contributed by atoms with Gasteiger partial charge in [0, 0.05) is 24.6 Å². The van der Waals surface area contributed by atoms with Crippen LogP contribution in [0.15, 0.2) is 48.3 Å². The fraction of sp³-hybridized carbons (Fsp3) is 0.350. The number of amides is 1. The zero-order valence-electron chi connectivity index (χ0n) is 14.6. The Kier molecular flexibility index (Phi) is 5.77. The van der Waals surface area contributed by atoms with Gasteiger partial charge in [-0.2, -0.15) is 0 Å². The van der Waals surface area contributed by atoms with E-state index in [-0.39, 0.29) is 5.91 Å². The third kappa shape index (κ3) is 5.14. The maximum absolute atomic E-state index is 12.2. The second-order valence-corrected chi connectivity index (χ2v) is 6.40. The van der Waals surface area contributed by atoms with Gasteiger partial charge < -0.3 is 10.6 Å². The van der Waals surface area contributed by atoms with Gasteiger partial charge in [0.2, 0.25) is 5.95 Å². The number of nitrogens with one attached hydrogen (secondary N) is 2. The Morgan fingerprint density at radius 1 is 1.12 bits per heavy atom. The molecule has 5 heteroatoms. The lowest BCUT2D eigenvalue weighted by Gasteiger charge is -2.13. The van der Waals surface area contributed by atoms with Crippen LogP contribution in [0.5, 0.6) is 0 Å². The van der Waals surface area contributed by atoms with Gasteiger partial charge in [0.15, 0.2) is 0 Å². The second-order valence-electron chi connectivity index (χ2n) is 6.40. The molecule has 0 saturated carbocycles. The smallest absolute Gasteiger partial charge is 0.254 e. The number of rotatable bonds is 6. The van der Waals surface area contributed by atoms with E-state index in [9.17, 15) is 4.79 Å². The van der Waals surface area contributed by atoms with Crippen molar-refractivity contribution >= 4 is 17.5 Å². The normalized spacial score (nSPS) is 13.9. The van der Waals surface area contributed by atoms with E-state index >= 15 is 0 Å². The fourth-order valence-corrected chi connectivity index (χ4v) is 2.85. The van der Waals surface area contributed by atoms with Crippen molar-refractivity contribution in [1.29, 1.82) is 0 Å². The lowest BCUT2D eigenvalue weighted by molar-refractivity contribution is 0.0953. The number of nitrogens with zero attached hydrogens (tertiary/aromatic N) is 2. The molecule has 3 rings (SSSR count). The van der Waals surface area contributed by atoms with E-state index in [0.29, 0.717) is 18.1 Å². The van der Waals surface area contributed by atoms with Crippen LogP contribution in [0.2, 0.25) is 0 Å². The first-order valence-electron chi connectivity index (χ1n) is 8.82. The van der Waals surface area contributed by atoms with Gasteiger partial charge in [0.05, 0.1) is 5.56 Å². The van der Waals surface area contributed by atoms with E-state index in [1.165, 1.54) is 36.8 Å². The maximum atomic E-state index is 12.2. The minimum atomic E-state index is -0.127. The summed E-state index contributed by atoms with van der Waals surface area (Å²) in [6, 6.07) is 7.98. The van der Waals surface area contributed by atoms with Gasteiger partial charge in [-0.05, 0) is 51.2 Å². The molecule has 5 nitrogen and oxygen atoms in total. The summed E-state index contributed by atoms with van der Waals surface area (Å²) in [6.45, 7) is 2.70. The first kappa shape index (κ1) is 17.1. The van der Waals surface area contributed by atoms with Crippen molar-refractivity contribution < 1.29 is 4.79 Å². The SMILES string of the molecule is Cc1ccc(Nc2ncc(C(=O)NCCC3=CCCCC3)cn2)cc1. The van der Waals surface area contributed by atoms with E-state index in [4.69, 9.17) is 0 Å². The van der Waals surface area contributed by atoms with Crippen LogP contribution in [0.1, 0.15) is 48.0 Å². The number of aryl methyl sites for hydroxylation is 1. The number of anilines is 2. The first-order chi connectivity index (χ1) is 12.2. The number of hydrogen-bond donors (Lipinski definition) is 2. The van der Waals surface area contributed by atoms with Gasteiger partial charge >= 0.3 is 0 Å². The minimum absolute atomic E-state index is 0.127. The molecule has 0 spiro atoms. The third-order valence-corrected chi connectivity index (χ3v) is 4.34. The van der Waals surface area contributed by atoms with Crippen molar-refractivity contribution in [3.8, 4) is 0 Å². The minimum Gasteiger partial charge on any atom is -0.352 e. The summed E-state index contributed by atoms with van der Waals surface area (Å²) in [4.78, 5) is 20.6. The summed E-state index contributed by atoms with van der Waals surface area (Å²) in [5, 5.41) is 6.06. The van der Waals surface area contributed by atoms with Crippen LogP contribution in [0, 0.1) is 6.92 Å². The van der Waals surface area contributed by atoms with Crippen molar-refractivity contribution in [2.24, 2.45) is 0 Å². The summed E-state index contributed by atoms with van der Waals surface area (Å²) < 4.78 is 0. The first-order valence-corrected chi connectivity index (χ1v) is 8.82. The number of allylic oxidation sites excluding steroid dienone is 1. The Balaban J connectivity index is 1.49. The molecule has 1 amide bonds. The van der Waals surface area contributed by atoms with Crippen LogP contribution in [0.25, 0.3) is 0 Å². The highest BCUT2D eigenvalue weighted by atomic mass is 16.1. The molecular formula is C20H24N4O. The van der Waals surface area contributed by atoms with E-state index in [1.54, 1.807) is 12.4 Å². The fourth-order valence-electron chi connectivity index (χ4n) is 2.85. The lowest BCUT2D eigenvalue weighted by atomic mass is 9.97. The Morgan fingerprint density at radius 2 is 1.88 bits per heavy atom. The monoisotopic (exact) mass is 336 g/mol. The molecule has 2 aromatic rings. The molecule has 0 fully saturated rings. The van der Waals surface area contributed by atoms with Crippen molar-refractivity contribution in [3.63, 3.8) is 0 Å². The summed E-state index contributed by atoms with van der Waals surface area (Å²) in [6.07, 6.45) is 11.2. The van der Waals surface area contributed by atoms with Crippen molar-refractivity contribution in [3.05, 3.63) is 59.4 Å². The highest BCUT2D eigenvalue weighted by Gasteiger charge is 2.08. The van der Waals surface area contributed by atoms with E-state index in [1.807, 2.05) is 31.2 Å². The van der Waals surface area contributed by atoms with Crippen LogP contribution in [0.4, 0.5) is 11.6 Å². The number of carbonyl (C=O) groups excluding carboxylic acids is 1. The average Bonchev–Trinajstić information content (AvgIpc) is 2.65. The number of hydrogen-bond acceptors (Lipinski definition) is 4. The van der Waals surface area contributed by atoms with Gasteiger partial charge in [0.25, 0.3) is 5.91 Å². The molecule has 1 aliphatic carbocycles. The van der Waals surface area contributed by atoms with Crippen molar-refractivity contribution in [1.82, 2.24) is 15.3 Å². The molecule has 2 N–H and O–H groups in total. The molecule has 0 saturated heterocycles. The Morgan fingerprint density at radius 3 is 2.56 bits per heavy atom. The predicted molar refractivity (Wildman–Crippen MR) is 100.0 cm³/mol. The lowest BCUT2D eigenvalue weighted by Crippen LogP contribution is -2.25. The summed E-state index contributed by atoms with van der Waals surface area (Å²) in [5.41, 5.74) is 4.05. The molecular weight excluding hydrogens is 312 g/mol. The third-order valence-electron chi connectivity index (χ3n) is 4.34. The molecule has 0 aliphatic heterocycles. The molecule has 0 atom stereocenters. The molecule has 25 heavy (non-hydrogen) atoms. The second kappa shape index (κ2) is 8.42. The zero-order chi connectivity index (χ0) is 17.5. The Bertz CT molecular complexity index is 735. The van der Waals surface area contributed by atoms with Crippen LogP contribution in [0.3, 0.4) is 0 Å². The number of benzene rings is 1. The summed E-state index contributed by atoms with van der Waals surface area (Å²) in [5.74, 6) is 0.353. The van der Waals surface area contributed by atoms with E-state index in [0.717, 1.165) is 12.1 Å². The zero-order valence-corrected chi connectivity index (χ0v) is 14.6. The maximum Gasteiger partial charge on any atom is 0.254 e. The molecule has 1 aromatic carbocycles. The van der Waals surface area contributed by atoms with Crippen LogP contribution in [-0.2, 0) is 0 Å². The largest absolute Gasteiger partial charge is 0.352 e. The number of aromatic nitrogens is 2. The molecule has 130 valence electrons. The van der Waals surface area contributed by atoms with Gasteiger partial charge in [-0.25, -0.2) is 9.97 Å². The predicted octanol–water partition coefficient (Wildman–Crippen LogP) is 4.15. The van der Waals surface area contributed by atoms with Crippen LogP contribution < -0.4 is 10.6 Å². The topological polar surface area (TPSA) is 66.9 Å². The standard InChI is InChI=1S/C20H24N4O/c1-15-7-9-18(10-8-15)24-20-22-13-17(14-23-20)19(25)21-12-11-16-5-3-2-4-6-16/h5,7-10,13-14H,2-4,6,11-12H2,1H3,(H,21,25)(H,22,23,24).